The molecule has 1 aliphatic heterocycles. The number of nitrogen functional groups attached to an aromatic ring is 1. The van der Waals surface area contributed by atoms with Crippen LogP contribution < -0.4 is 21.9 Å². The van der Waals surface area contributed by atoms with E-state index < -0.39 is 6.10 Å². The van der Waals surface area contributed by atoms with E-state index in [1.165, 1.54) is 25.0 Å². The van der Waals surface area contributed by atoms with Gasteiger partial charge in [-0.2, -0.15) is 0 Å². The molecule has 34 heavy (non-hydrogen) atoms. The van der Waals surface area contributed by atoms with Gasteiger partial charge in [-0.05, 0) is 62.4 Å². The Balaban J connectivity index is 1.99. The van der Waals surface area contributed by atoms with Crippen molar-refractivity contribution < 1.29 is 9.13 Å². The van der Waals surface area contributed by atoms with E-state index in [4.69, 9.17) is 26.9 Å². The van der Waals surface area contributed by atoms with Crippen LogP contribution in [0.1, 0.15) is 55.9 Å². The van der Waals surface area contributed by atoms with E-state index >= 15 is 0 Å². The molecule has 1 fully saturated rings. The molecule has 1 saturated carbocycles. The molecule has 6 N–H and O–H groups in total. The first-order chi connectivity index (χ1) is 16.3. The number of nitrogens with zero attached hydrogens (tertiary/aromatic N) is 3. The van der Waals surface area contributed by atoms with Gasteiger partial charge in [0.1, 0.15) is 11.9 Å². The maximum atomic E-state index is 14.3. The number of aromatic nitrogens is 1. The van der Waals surface area contributed by atoms with Crippen molar-refractivity contribution in [2.45, 2.75) is 39.2 Å². The van der Waals surface area contributed by atoms with Crippen LogP contribution in [0.15, 0.2) is 57.3 Å². The summed E-state index contributed by atoms with van der Waals surface area (Å²) in [5.74, 6) is 0.841. The summed E-state index contributed by atoms with van der Waals surface area (Å²) in [7, 11) is 1.69. The molecule has 178 valence electrons. The smallest absolute Gasteiger partial charge is 0.166 e. The van der Waals surface area contributed by atoms with Gasteiger partial charge in [0.15, 0.2) is 11.6 Å². The Hall–Kier alpha value is -3.68. The molecule has 0 spiro atoms. The fourth-order valence-electron chi connectivity index (χ4n) is 4.07. The van der Waals surface area contributed by atoms with E-state index in [2.05, 4.69) is 9.98 Å². The number of hydrogen-bond donors (Lipinski definition) is 3. The molecule has 2 aliphatic rings. The lowest BCUT2D eigenvalue weighted by molar-refractivity contribution is 0.226. The Morgan fingerprint density at radius 2 is 2.03 bits per heavy atom. The fraction of sp³-hybridized carbons (Fsp3) is 0.346. The minimum absolute atomic E-state index is 0.240. The summed E-state index contributed by atoms with van der Waals surface area (Å²) >= 11 is 0. The predicted octanol–water partition coefficient (Wildman–Crippen LogP) is 4.15. The number of hydrogen-bond acceptors (Lipinski definition) is 7. The second-order valence-electron chi connectivity index (χ2n) is 8.90. The quantitative estimate of drug-likeness (QED) is 0.591. The summed E-state index contributed by atoms with van der Waals surface area (Å²) in [6.45, 7) is 4.38. The van der Waals surface area contributed by atoms with Gasteiger partial charge in [0, 0.05) is 66.1 Å². The Morgan fingerprint density at radius 1 is 1.26 bits per heavy atom. The predicted molar refractivity (Wildman–Crippen MR) is 135 cm³/mol. The van der Waals surface area contributed by atoms with Crippen LogP contribution in [-0.2, 0) is 0 Å². The summed E-state index contributed by atoms with van der Waals surface area (Å²) in [6.07, 6.45) is 5.62. The first-order valence-corrected chi connectivity index (χ1v) is 11.4. The van der Waals surface area contributed by atoms with E-state index in [-0.39, 0.29) is 11.6 Å². The lowest BCUT2D eigenvalue weighted by atomic mass is 9.91. The summed E-state index contributed by atoms with van der Waals surface area (Å²) in [6, 6.07) is 6.30. The van der Waals surface area contributed by atoms with Crippen LogP contribution in [0.25, 0.3) is 5.70 Å². The van der Waals surface area contributed by atoms with Gasteiger partial charge < -0.3 is 21.9 Å². The van der Waals surface area contributed by atoms with Gasteiger partial charge in [-0.15, -0.1) is 0 Å². The maximum absolute atomic E-state index is 14.3. The van der Waals surface area contributed by atoms with Crippen molar-refractivity contribution in [2.24, 2.45) is 27.4 Å². The molecular formula is C26H31FN6O. The van der Waals surface area contributed by atoms with Gasteiger partial charge in [-0.3, -0.25) is 9.98 Å². The zero-order chi connectivity index (χ0) is 24.4. The van der Waals surface area contributed by atoms with Gasteiger partial charge in [-0.25, -0.2) is 9.37 Å². The van der Waals surface area contributed by atoms with E-state index in [0.29, 0.717) is 47.2 Å². The molecule has 2 aromatic rings. The van der Waals surface area contributed by atoms with Crippen molar-refractivity contribution >= 4 is 23.4 Å². The third kappa shape index (κ3) is 4.95. The Labute approximate surface area is 199 Å². The number of ether oxygens (including phenoxy) is 1. The average molecular weight is 463 g/mol. The number of allylic oxidation sites excluding steroid dienone is 3. The summed E-state index contributed by atoms with van der Waals surface area (Å²) in [5.41, 5.74) is 24.7. The van der Waals surface area contributed by atoms with E-state index in [0.717, 1.165) is 22.4 Å². The summed E-state index contributed by atoms with van der Waals surface area (Å²) in [5, 5.41) is 0. The molecule has 0 radical (unpaired) electrons. The van der Waals surface area contributed by atoms with Crippen molar-refractivity contribution in [2.75, 3.05) is 19.3 Å². The fourth-order valence-corrected chi connectivity index (χ4v) is 4.07. The topological polar surface area (TPSA) is 125 Å². The average Bonchev–Trinajstić information content (AvgIpc) is 3.63. The number of halogens is 1. The SMILES string of the molecule is CN=CC1=C(N)c2ccc(F)cc2[C@@H](C)Oc2cc(cnc2N)C(=NCC2CC2)C(=C(C)N)C1. The van der Waals surface area contributed by atoms with E-state index in [1.807, 2.05) is 19.9 Å². The third-order valence-corrected chi connectivity index (χ3v) is 6.17. The lowest BCUT2D eigenvalue weighted by Crippen LogP contribution is -2.18. The molecular weight excluding hydrogens is 431 g/mol. The zero-order valence-electron chi connectivity index (χ0n) is 19.8. The van der Waals surface area contributed by atoms with Gasteiger partial charge in [0.2, 0.25) is 0 Å². The second kappa shape index (κ2) is 9.67. The molecule has 0 unspecified atom stereocenters. The van der Waals surface area contributed by atoms with Crippen LogP contribution in [0.3, 0.4) is 0 Å². The number of anilines is 1. The van der Waals surface area contributed by atoms with Crippen LogP contribution in [0.2, 0.25) is 0 Å². The molecule has 1 aliphatic carbocycles. The molecule has 0 amide bonds. The van der Waals surface area contributed by atoms with Crippen LogP contribution >= 0.6 is 0 Å². The highest BCUT2D eigenvalue weighted by molar-refractivity contribution is 6.14. The highest BCUT2D eigenvalue weighted by Crippen LogP contribution is 2.35. The summed E-state index contributed by atoms with van der Waals surface area (Å²) < 4.78 is 20.5. The molecule has 2 heterocycles. The van der Waals surface area contributed by atoms with Crippen molar-refractivity contribution in [3.05, 3.63) is 69.8 Å². The second-order valence-corrected chi connectivity index (χ2v) is 8.90. The van der Waals surface area contributed by atoms with E-state index in [1.54, 1.807) is 25.5 Å². The largest absolute Gasteiger partial charge is 0.482 e. The van der Waals surface area contributed by atoms with Gasteiger partial charge in [0.25, 0.3) is 0 Å². The maximum Gasteiger partial charge on any atom is 0.166 e. The monoisotopic (exact) mass is 462 g/mol. The van der Waals surface area contributed by atoms with Crippen LogP contribution in [0, 0.1) is 11.7 Å². The number of aliphatic imine (C=N–C) groups is 2. The normalized spacial score (nSPS) is 21.6. The third-order valence-electron chi connectivity index (χ3n) is 6.17. The van der Waals surface area contributed by atoms with Crippen molar-refractivity contribution in [1.29, 1.82) is 0 Å². The van der Waals surface area contributed by atoms with Gasteiger partial charge in [0.05, 0.1) is 5.71 Å². The Kier molecular flexibility index (Phi) is 6.68. The molecule has 2 bridgehead atoms. The Morgan fingerprint density at radius 3 is 2.71 bits per heavy atom. The number of fused-ring (bicyclic) bond motifs is 3. The minimum Gasteiger partial charge on any atom is -0.482 e. The molecule has 1 aromatic carbocycles. The number of rotatable bonds is 3. The van der Waals surface area contributed by atoms with Gasteiger partial charge >= 0.3 is 0 Å². The van der Waals surface area contributed by atoms with Gasteiger partial charge in [-0.1, -0.05) is 0 Å². The molecule has 7 nitrogen and oxygen atoms in total. The summed E-state index contributed by atoms with van der Waals surface area (Å²) in [4.78, 5) is 13.6. The highest BCUT2D eigenvalue weighted by Gasteiger charge is 2.25. The van der Waals surface area contributed by atoms with Crippen molar-refractivity contribution in [1.82, 2.24) is 4.98 Å². The number of nitrogens with two attached hydrogens (primary N) is 3. The first kappa shape index (κ1) is 23.5. The van der Waals surface area contributed by atoms with Crippen molar-refractivity contribution in [3.8, 4) is 5.75 Å². The number of pyridine rings is 1. The van der Waals surface area contributed by atoms with Crippen molar-refractivity contribution in [3.63, 3.8) is 0 Å². The Bertz CT molecular complexity index is 1220. The van der Waals surface area contributed by atoms with Crippen LogP contribution in [0.5, 0.6) is 5.75 Å². The first-order valence-electron chi connectivity index (χ1n) is 11.4. The molecule has 0 saturated heterocycles. The molecule has 1 aromatic heterocycles. The van der Waals surface area contributed by atoms with Crippen LogP contribution in [-0.4, -0.2) is 30.5 Å². The van der Waals surface area contributed by atoms with E-state index in [9.17, 15) is 4.39 Å². The standard InChI is InChI=1S/C26H31FN6O/c1-14(28)21-8-17(12-31-3)24(29)20-7-6-19(27)10-22(20)15(2)34-23-9-18(13-33-26(23)30)25(21)32-11-16-4-5-16/h6-7,9-10,12-13,15-16H,4-5,8,11,28-29H2,1-3H3,(H2,30,33)/t15-/m1/s1. The lowest BCUT2D eigenvalue weighted by Gasteiger charge is -2.23. The molecule has 4 rings (SSSR count). The minimum atomic E-state index is -0.541. The van der Waals surface area contributed by atoms with Crippen LogP contribution in [0.4, 0.5) is 10.2 Å². The highest BCUT2D eigenvalue weighted by atomic mass is 19.1. The number of benzene rings is 1. The molecule has 1 atom stereocenters. The molecule has 8 heteroatoms. The zero-order valence-corrected chi connectivity index (χ0v) is 19.8.